The van der Waals surface area contributed by atoms with E-state index in [0.717, 1.165) is 27.9 Å². The highest BCUT2D eigenvalue weighted by Crippen LogP contribution is 2.30. The minimum absolute atomic E-state index is 0.0900. The Kier molecular flexibility index (Phi) is 7.06. The molecule has 0 aliphatic carbocycles. The lowest BCUT2D eigenvalue weighted by Crippen LogP contribution is -2.26. The molecule has 0 aliphatic rings. The maximum atomic E-state index is 13.2. The Morgan fingerprint density at radius 2 is 1.52 bits per heavy atom. The van der Waals surface area contributed by atoms with Gasteiger partial charge in [0.15, 0.2) is 0 Å². The van der Waals surface area contributed by atoms with Gasteiger partial charge in [-0.2, -0.15) is 0 Å². The number of nitrogens with zero attached hydrogens (tertiary/aromatic N) is 2. The van der Waals surface area contributed by atoms with Gasteiger partial charge < -0.3 is 4.90 Å². The van der Waals surface area contributed by atoms with Crippen LogP contribution in [0.4, 0.5) is 5.69 Å². The molecule has 4 nitrogen and oxygen atoms in total. The predicted octanol–water partition coefficient (Wildman–Crippen LogP) is 5.77. The molecular weight excluding hydrogens is 408 g/mol. The second-order valence-corrected chi connectivity index (χ2v) is 8.02. The molecule has 0 radical (unpaired) electrons. The van der Waals surface area contributed by atoms with Crippen LogP contribution in [0.2, 0.25) is 0 Å². The highest BCUT2D eigenvalue weighted by Gasteiger charge is 2.17. The second-order valence-electron chi connectivity index (χ2n) is 8.02. The van der Waals surface area contributed by atoms with Crippen molar-refractivity contribution in [3.63, 3.8) is 0 Å². The Bertz CT molecular complexity index is 1220. The number of anilines is 1. The SMILES string of the molecule is CN(C(=O)c1ccc(CC(=O)CCc2cccnc2)cc1)c1ccccc1-c1ccccc1. The molecule has 0 fully saturated rings. The molecule has 0 spiro atoms. The van der Waals surface area contributed by atoms with Gasteiger partial charge in [0, 0.05) is 43.4 Å². The summed E-state index contributed by atoms with van der Waals surface area (Å²) in [6, 6.07) is 29.1. The van der Waals surface area contributed by atoms with Crippen LogP contribution in [0.1, 0.15) is 27.9 Å². The van der Waals surface area contributed by atoms with Gasteiger partial charge in [-0.05, 0) is 47.4 Å². The molecule has 1 amide bonds. The number of carbonyl (C=O) groups is 2. The molecule has 4 rings (SSSR count). The number of hydrogen-bond donors (Lipinski definition) is 0. The Hall–Kier alpha value is -4.05. The van der Waals surface area contributed by atoms with Gasteiger partial charge in [-0.3, -0.25) is 14.6 Å². The molecule has 164 valence electrons. The van der Waals surface area contributed by atoms with Crippen LogP contribution in [0.5, 0.6) is 0 Å². The minimum Gasteiger partial charge on any atom is -0.311 e. The fourth-order valence-electron chi connectivity index (χ4n) is 3.84. The van der Waals surface area contributed by atoms with Crippen molar-refractivity contribution < 1.29 is 9.59 Å². The van der Waals surface area contributed by atoms with Crippen LogP contribution in [-0.4, -0.2) is 23.7 Å². The van der Waals surface area contributed by atoms with Crippen LogP contribution < -0.4 is 4.90 Å². The quantitative estimate of drug-likeness (QED) is 0.354. The Balaban J connectivity index is 1.42. The molecule has 0 saturated heterocycles. The maximum Gasteiger partial charge on any atom is 0.258 e. The highest BCUT2D eigenvalue weighted by molar-refractivity contribution is 6.07. The van der Waals surface area contributed by atoms with Crippen LogP contribution in [-0.2, 0) is 17.6 Å². The monoisotopic (exact) mass is 434 g/mol. The van der Waals surface area contributed by atoms with Crippen LogP contribution >= 0.6 is 0 Å². The van der Waals surface area contributed by atoms with E-state index in [1.165, 1.54) is 0 Å². The number of ketones is 1. The molecule has 0 unspecified atom stereocenters. The molecule has 0 atom stereocenters. The molecule has 3 aromatic carbocycles. The second kappa shape index (κ2) is 10.5. The first-order valence-corrected chi connectivity index (χ1v) is 11.0. The Morgan fingerprint density at radius 3 is 2.24 bits per heavy atom. The number of para-hydroxylation sites is 1. The molecule has 33 heavy (non-hydrogen) atoms. The van der Waals surface area contributed by atoms with E-state index in [1.54, 1.807) is 36.5 Å². The van der Waals surface area contributed by atoms with E-state index in [-0.39, 0.29) is 11.7 Å². The first-order chi connectivity index (χ1) is 16.1. The third-order valence-corrected chi connectivity index (χ3v) is 5.67. The topological polar surface area (TPSA) is 50.3 Å². The van der Waals surface area contributed by atoms with Gasteiger partial charge in [0.1, 0.15) is 5.78 Å². The van der Waals surface area contributed by atoms with Crippen molar-refractivity contribution in [1.29, 1.82) is 0 Å². The van der Waals surface area contributed by atoms with Crippen molar-refractivity contribution in [2.75, 3.05) is 11.9 Å². The van der Waals surface area contributed by atoms with Gasteiger partial charge in [0.25, 0.3) is 5.91 Å². The van der Waals surface area contributed by atoms with Crippen LogP contribution in [0.15, 0.2) is 103 Å². The molecule has 4 aromatic rings. The third-order valence-electron chi connectivity index (χ3n) is 5.67. The van der Waals surface area contributed by atoms with E-state index in [1.807, 2.05) is 78.9 Å². The maximum absolute atomic E-state index is 13.2. The molecule has 0 N–H and O–H groups in total. The van der Waals surface area contributed by atoms with Crippen molar-refractivity contribution in [3.05, 3.63) is 120 Å². The van der Waals surface area contributed by atoms with Crippen LogP contribution in [0.3, 0.4) is 0 Å². The van der Waals surface area contributed by atoms with Crippen molar-refractivity contribution >= 4 is 17.4 Å². The fourth-order valence-corrected chi connectivity index (χ4v) is 3.84. The van der Waals surface area contributed by atoms with Crippen molar-refractivity contribution in [3.8, 4) is 11.1 Å². The van der Waals surface area contributed by atoms with Crippen molar-refractivity contribution in [1.82, 2.24) is 4.98 Å². The van der Waals surface area contributed by atoms with Gasteiger partial charge in [-0.1, -0.05) is 66.7 Å². The summed E-state index contributed by atoms with van der Waals surface area (Å²) in [6.45, 7) is 0. The number of carbonyl (C=O) groups excluding carboxylic acids is 2. The number of aryl methyl sites for hydroxylation is 1. The smallest absolute Gasteiger partial charge is 0.258 e. The van der Waals surface area contributed by atoms with Crippen LogP contribution in [0.25, 0.3) is 11.1 Å². The van der Waals surface area contributed by atoms with E-state index >= 15 is 0 Å². The van der Waals surface area contributed by atoms with Gasteiger partial charge in [-0.25, -0.2) is 0 Å². The molecule has 1 heterocycles. The molecule has 4 heteroatoms. The number of pyridine rings is 1. The first-order valence-electron chi connectivity index (χ1n) is 11.0. The molecule has 1 aromatic heterocycles. The lowest BCUT2D eigenvalue weighted by molar-refractivity contribution is -0.118. The van der Waals surface area contributed by atoms with E-state index < -0.39 is 0 Å². The summed E-state index contributed by atoms with van der Waals surface area (Å²) in [5.74, 6) is 0.0830. The zero-order valence-electron chi connectivity index (χ0n) is 18.6. The van der Waals surface area contributed by atoms with Gasteiger partial charge in [-0.15, -0.1) is 0 Å². The van der Waals surface area contributed by atoms with Crippen molar-refractivity contribution in [2.45, 2.75) is 19.3 Å². The number of rotatable bonds is 8. The zero-order chi connectivity index (χ0) is 23.0. The summed E-state index contributed by atoms with van der Waals surface area (Å²) in [6.07, 6.45) is 5.05. The largest absolute Gasteiger partial charge is 0.311 e. The number of amides is 1. The first kappa shape index (κ1) is 22.2. The lowest BCUT2D eigenvalue weighted by Gasteiger charge is -2.21. The van der Waals surface area contributed by atoms with E-state index in [2.05, 4.69) is 4.98 Å². The summed E-state index contributed by atoms with van der Waals surface area (Å²) in [4.78, 5) is 31.3. The normalized spacial score (nSPS) is 10.6. The lowest BCUT2D eigenvalue weighted by atomic mass is 10.0. The van der Waals surface area contributed by atoms with Crippen LogP contribution in [0, 0.1) is 0 Å². The van der Waals surface area contributed by atoms with Gasteiger partial charge in [0.2, 0.25) is 0 Å². The molecule has 0 saturated carbocycles. The molecule has 0 bridgehead atoms. The Labute approximate surface area is 194 Å². The fraction of sp³-hybridized carbons (Fsp3) is 0.138. The summed E-state index contributed by atoms with van der Waals surface area (Å²) >= 11 is 0. The third kappa shape index (κ3) is 5.60. The summed E-state index contributed by atoms with van der Waals surface area (Å²) in [7, 11) is 1.79. The number of hydrogen-bond acceptors (Lipinski definition) is 3. The summed E-state index contributed by atoms with van der Waals surface area (Å²) < 4.78 is 0. The Morgan fingerprint density at radius 1 is 0.788 bits per heavy atom. The van der Waals surface area contributed by atoms with E-state index in [4.69, 9.17) is 0 Å². The zero-order valence-corrected chi connectivity index (χ0v) is 18.6. The van der Waals surface area contributed by atoms with E-state index in [0.29, 0.717) is 24.8 Å². The van der Waals surface area contributed by atoms with Crippen molar-refractivity contribution in [2.24, 2.45) is 0 Å². The van der Waals surface area contributed by atoms with E-state index in [9.17, 15) is 9.59 Å². The minimum atomic E-state index is -0.0900. The standard InChI is InChI=1S/C29H26N2O2/c1-31(28-12-6-5-11-27(28)24-9-3-2-4-10-24)29(33)25-16-13-22(14-17-25)20-26(32)18-15-23-8-7-19-30-21-23/h2-14,16-17,19,21H,15,18,20H2,1H3. The summed E-state index contributed by atoms with van der Waals surface area (Å²) in [5.41, 5.74) is 5.48. The summed E-state index contributed by atoms with van der Waals surface area (Å²) in [5, 5.41) is 0. The number of Topliss-reactive ketones (excluding diaryl/α,β-unsaturated/α-hetero) is 1. The number of benzene rings is 3. The van der Waals surface area contributed by atoms with Gasteiger partial charge >= 0.3 is 0 Å². The average molecular weight is 435 g/mol. The number of aromatic nitrogens is 1. The molecular formula is C29H26N2O2. The van der Waals surface area contributed by atoms with Gasteiger partial charge in [0.05, 0.1) is 5.69 Å². The molecule has 0 aliphatic heterocycles. The highest BCUT2D eigenvalue weighted by atomic mass is 16.2. The average Bonchev–Trinajstić information content (AvgIpc) is 2.88. The predicted molar refractivity (Wildman–Crippen MR) is 132 cm³/mol.